The van der Waals surface area contributed by atoms with Gasteiger partial charge in [0.2, 0.25) is 11.9 Å². The molecule has 3 aliphatic heterocycles. The molecule has 30 heavy (non-hydrogen) atoms. The van der Waals surface area contributed by atoms with Crippen LogP contribution in [0.2, 0.25) is 0 Å². The van der Waals surface area contributed by atoms with Crippen LogP contribution in [-0.4, -0.2) is 77.5 Å². The van der Waals surface area contributed by atoms with E-state index in [1.807, 2.05) is 10.3 Å². The Balaban J connectivity index is 1.32. The summed E-state index contributed by atoms with van der Waals surface area (Å²) in [6, 6.07) is 2.07. The van der Waals surface area contributed by atoms with Crippen molar-refractivity contribution in [3.05, 3.63) is 34.8 Å². The molecule has 0 aliphatic carbocycles. The maximum Gasteiger partial charge on any atom is 0.225 e. The molecule has 160 valence electrons. The molecule has 1 N–H and O–H groups in total. The van der Waals surface area contributed by atoms with Gasteiger partial charge < -0.3 is 24.4 Å². The summed E-state index contributed by atoms with van der Waals surface area (Å²) in [5, 5.41) is 14.2. The average Bonchev–Trinajstić information content (AvgIpc) is 3.45. The molecule has 0 aromatic carbocycles. The molecule has 0 saturated carbocycles. The van der Waals surface area contributed by atoms with Crippen molar-refractivity contribution < 1.29 is 19.4 Å². The Morgan fingerprint density at radius 1 is 1.37 bits per heavy atom. The number of thiophene rings is 1. The van der Waals surface area contributed by atoms with Gasteiger partial charge in [0, 0.05) is 38.0 Å². The molecule has 2 aromatic heterocycles. The summed E-state index contributed by atoms with van der Waals surface area (Å²) < 4.78 is 11.6. The van der Waals surface area contributed by atoms with Crippen molar-refractivity contribution in [2.75, 3.05) is 44.8 Å². The molecule has 1 spiro atoms. The van der Waals surface area contributed by atoms with E-state index in [0.717, 1.165) is 6.42 Å². The minimum atomic E-state index is -0.475. The number of morpholine rings is 1. The molecule has 2 aromatic rings. The average molecular weight is 431 g/mol. The van der Waals surface area contributed by atoms with Gasteiger partial charge in [-0.2, -0.15) is 11.3 Å². The first kappa shape index (κ1) is 19.7. The number of aromatic nitrogens is 2. The highest BCUT2D eigenvalue weighted by molar-refractivity contribution is 7.07. The van der Waals surface area contributed by atoms with Crippen LogP contribution in [0.1, 0.15) is 12.0 Å². The highest BCUT2D eigenvalue weighted by Crippen LogP contribution is 2.49. The van der Waals surface area contributed by atoms with E-state index in [0.29, 0.717) is 44.3 Å². The molecular formula is C21H26N4O4S. The van der Waals surface area contributed by atoms with Crippen LogP contribution in [0.15, 0.2) is 29.2 Å². The van der Waals surface area contributed by atoms with E-state index in [1.165, 1.54) is 5.56 Å². The monoisotopic (exact) mass is 430 g/mol. The summed E-state index contributed by atoms with van der Waals surface area (Å²) in [6.45, 7) is 2.51. The Kier molecular flexibility index (Phi) is 5.12. The summed E-state index contributed by atoms with van der Waals surface area (Å²) >= 11 is 1.65. The van der Waals surface area contributed by atoms with Crippen LogP contribution < -0.4 is 9.64 Å². The van der Waals surface area contributed by atoms with Crippen molar-refractivity contribution in [3.63, 3.8) is 0 Å². The summed E-state index contributed by atoms with van der Waals surface area (Å²) in [5.41, 5.74) is 0.730. The van der Waals surface area contributed by atoms with E-state index in [2.05, 4.69) is 26.3 Å². The third-order valence-electron chi connectivity index (χ3n) is 6.69. The first-order valence-corrected chi connectivity index (χ1v) is 11.2. The molecule has 2 bridgehead atoms. The van der Waals surface area contributed by atoms with Gasteiger partial charge in [-0.05, 0) is 28.8 Å². The van der Waals surface area contributed by atoms with Gasteiger partial charge in [-0.15, -0.1) is 0 Å². The molecule has 3 aliphatic rings. The largest absolute Gasteiger partial charge is 0.494 e. The van der Waals surface area contributed by atoms with E-state index in [4.69, 9.17) is 9.47 Å². The number of aryl methyl sites for hydroxylation is 1. The van der Waals surface area contributed by atoms with Crippen LogP contribution in [0, 0.1) is 11.8 Å². The number of ether oxygens (including phenoxy) is 2. The lowest BCUT2D eigenvalue weighted by atomic mass is 9.83. The molecule has 0 unspecified atom stereocenters. The minimum Gasteiger partial charge on any atom is -0.494 e. The molecule has 1 amide bonds. The molecule has 5 rings (SSSR count). The lowest BCUT2D eigenvalue weighted by molar-refractivity contribution is -0.133. The van der Waals surface area contributed by atoms with E-state index in [9.17, 15) is 9.90 Å². The number of hydrogen-bond acceptors (Lipinski definition) is 8. The number of aliphatic hydroxyl groups is 1. The summed E-state index contributed by atoms with van der Waals surface area (Å²) in [5.74, 6) is 1.54. The molecule has 5 heterocycles. The molecule has 9 heteroatoms. The van der Waals surface area contributed by atoms with Crippen molar-refractivity contribution in [1.29, 1.82) is 0 Å². The Hall–Kier alpha value is -2.23. The van der Waals surface area contributed by atoms with E-state index in [1.54, 1.807) is 30.8 Å². The lowest BCUT2D eigenvalue weighted by Gasteiger charge is -2.40. The maximum atomic E-state index is 12.9. The van der Waals surface area contributed by atoms with Crippen LogP contribution in [-0.2, 0) is 16.0 Å². The predicted octanol–water partition coefficient (Wildman–Crippen LogP) is 1.20. The van der Waals surface area contributed by atoms with Crippen molar-refractivity contribution >= 4 is 23.2 Å². The second-order valence-corrected chi connectivity index (χ2v) is 9.16. The molecule has 0 radical (unpaired) electrons. The number of likely N-dealkylation sites (tertiary alicyclic amines) is 1. The molecule has 8 nitrogen and oxygen atoms in total. The predicted molar refractivity (Wildman–Crippen MR) is 112 cm³/mol. The van der Waals surface area contributed by atoms with Gasteiger partial charge in [-0.1, -0.05) is 0 Å². The Labute approximate surface area is 179 Å². The zero-order valence-electron chi connectivity index (χ0n) is 16.9. The van der Waals surface area contributed by atoms with Gasteiger partial charge in [-0.25, -0.2) is 9.97 Å². The second-order valence-electron chi connectivity index (χ2n) is 8.38. The van der Waals surface area contributed by atoms with Crippen molar-refractivity contribution in [2.24, 2.45) is 11.8 Å². The summed E-state index contributed by atoms with van der Waals surface area (Å²) in [6.07, 6.45) is 4.50. The minimum absolute atomic E-state index is 0.0166. The number of hydrogen-bond donors (Lipinski definition) is 1. The van der Waals surface area contributed by atoms with Gasteiger partial charge in [0.1, 0.15) is 5.60 Å². The van der Waals surface area contributed by atoms with Gasteiger partial charge in [0.25, 0.3) is 0 Å². The van der Waals surface area contributed by atoms with Crippen LogP contribution in [0.25, 0.3) is 0 Å². The highest BCUT2D eigenvalue weighted by atomic mass is 32.1. The number of fused-ring (bicyclic) bond motifs is 1. The number of carbonyl (C=O) groups is 1. The van der Waals surface area contributed by atoms with Gasteiger partial charge in [0.15, 0.2) is 5.75 Å². The first-order chi connectivity index (χ1) is 14.6. The highest BCUT2D eigenvalue weighted by Gasteiger charge is 2.63. The number of rotatable bonds is 6. The van der Waals surface area contributed by atoms with Crippen LogP contribution in [0.5, 0.6) is 5.75 Å². The third-order valence-corrected chi connectivity index (χ3v) is 7.43. The second kappa shape index (κ2) is 7.79. The van der Waals surface area contributed by atoms with Crippen LogP contribution in [0.4, 0.5) is 5.95 Å². The van der Waals surface area contributed by atoms with E-state index < -0.39 is 5.60 Å². The standard InChI is InChI=1S/C21H26N4O4S/c1-28-15-6-22-20(23-7-15)25-9-18-16(10-26)17-8-24(12-21(17,13-25)29-18)19(27)3-2-14-4-5-30-11-14/h4-7,11,16-18,26H,2-3,8-10,12-13H2,1H3/t16-,17+,18+,21-/m0/s1. The van der Waals surface area contributed by atoms with Gasteiger partial charge >= 0.3 is 0 Å². The maximum absolute atomic E-state index is 12.9. The fraction of sp³-hybridized carbons (Fsp3) is 0.571. The SMILES string of the molecule is COc1cnc(N2C[C@H]3O[C@@]4(CN(C(=O)CCc5ccsc5)C[C@@H]4[C@@H]3CO)C2)nc1. The van der Waals surface area contributed by atoms with Crippen molar-refractivity contribution in [3.8, 4) is 5.75 Å². The third kappa shape index (κ3) is 3.34. The normalized spacial score (nSPS) is 29.9. The first-order valence-electron chi connectivity index (χ1n) is 10.3. The topological polar surface area (TPSA) is 88.0 Å². The molecular weight excluding hydrogens is 404 g/mol. The van der Waals surface area contributed by atoms with Crippen LogP contribution in [0.3, 0.4) is 0 Å². The quantitative estimate of drug-likeness (QED) is 0.737. The Bertz CT molecular complexity index is 893. The van der Waals surface area contributed by atoms with Gasteiger partial charge in [-0.3, -0.25) is 4.79 Å². The fourth-order valence-corrected chi connectivity index (χ4v) is 5.90. The zero-order valence-corrected chi connectivity index (χ0v) is 17.8. The van der Waals surface area contributed by atoms with Crippen LogP contribution >= 0.6 is 11.3 Å². The summed E-state index contributed by atoms with van der Waals surface area (Å²) in [4.78, 5) is 25.8. The van der Waals surface area contributed by atoms with Crippen molar-refractivity contribution in [1.82, 2.24) is 14.9 Å². The molecule has 3 saturated heterocycles. The zero-order chi connectivity index (χ0) is 20.7. The van der Waals surface area contributed by atoms with E-state index in [-0.39, 0.29) is 30.5 Å². The smallest absolute Gasteiger partial charge is 0.225 e. The van der Waals surface area contributed by atoms with Crippen molar-refractivity contribution in [2.45, 2.75) is 24.5 Å². The number of amides is 1. The Morgan fingerprint density at radius 3 is 2.90 bits per heavy atom. The lowest BCUT2D eigenvalue weighted by Crippen LogP contribution is -2.55. The number of nitrogens with zero attached hydrogens (tertiary/aromatic N) is 4. The number of aliphatic hydroxyl groups excluding tert-OH is 1. The summed E-state index contributed by atoms with van der Waals surface area (Å²) in [7, 11) is 1.59. The Morgan fingerprint density at radius 2 is 2.20 bits per heavy atom. The fourth-order valence-electron chi connectivity index (χ4n) is 5.20. The van der Waals surface area contributed by atoms with Gasteiger partial charge in [0.05, 0.1) is 38.7 Å². The van der Waals surface area contributed by atoms with E-state index >= 15 is 0 Å². The number of methoxy groups -OCH3 is 1. The molecule has 4 atom stereocenters. The number of carbonyl (C=O) groups excluding carboxylic acids is 1. The number of anilines is 1. The molecule has 3 fully saturated rings.